The van der Waals surface area contributed by atoms with Gasteiger partial charge in [-0.1, -0.05) is 23.7 Å². The van der Waals surface area contributed by atoms with E-state index in [1.807, 2.05) is 0 Å². The van der Waals surface area contributed by atoms with Crippen molar-refractivity contribution in [2.24, 2.45) is 0 Å². The molecule has 2 amide bonds. The molecule has 25 heavy (non-hydrogen) atoms. The first-order valence-corrected chi connectivity index (χ1v) is 8.13. The summed E-state index contributed by atoms with van der Waals surface area (Å²) >= 11 is 5.88. The van der Waals surface area contributed by atoms with E-state index < -0.39 is 0 Å². The lowest BCUT2D eigenvalue weighted by Crippen LogP contribution is -2.27. The Morgan fingerprint density at radius 3 is 2.60 bits per heavy atom. The maximum absolute atomic E-state index is 12.0. The van der Waals surface area contributed by atoms with Gasteiger partial charge in [0, 0.05) is 35.6 Å². The van der Waals surface area contributed by atoms with Crippen LogP contribution in [-0.4, -0.2) is 38.6 Å². The Labute approximate surface area is 151 Å². The van der Waals surface area contributed by atoms with Crippen molar-refractivity contribution >= 4 is 34.8 Å². The third-order valence-corrected chi connectivity index (χ3v) is 3.51. The molecular formula is C18H20ClN3O3. The monoisotopic (exact) mass is 361 g/mol. The zero-order chi connectivity index (χ0) is 18.1. The van der Waals surface area contributed by atoms with Gasteiger partial charge in [-0.3, -0.25) is 9.59 Å². The Kier molecular flexibility index (Phi) is 7.25. The van der Waals surface area contributed by atoms with Gasteiger partial charge in [-0.05, 0) is 36.4 Å². The van der Waals surface area contributed by atoms with Gasteiger partial charge in [0.25, 0.3) is 5.91 Å². The number of rotatable bonds is 8. The summed E-state index contributed by atoms with van der Waals surface area (Å²) in [6, 6.07) is 13.9. The summed E-state index contributed by atoms with van der Waals surface area (Å²) in [5, 5.41) is 9.04. The molecule has 0 fully saturated rings. The molecule has 0 unspecified atom stereocenters. The van der Waals surface area contributed by atoms with Gasteiger partial charge >= 0.3 is 0 Å². The summed E-state index contributed by atoms with van der Waals surface area (Å²) in [4.78, 5) is 24.0. The van der Waals surface area contributed by atoms with Crippen molar-refractivity contribution in [3.8, 4) is 0 Å². The van der Waals surface area contributed by atoms with Crippen LogP contribution in [0.25, 0.3) is 0 Å². The normalized spacial score (nSPS) is 10.2. The number of benzene rings is 2. The van der Waals surface area contributed by atoms with E-state index in [9.17, 15) is 9.59 Å². The maximum atomic E-state index is 12.0. The third-order valence-electron chi connectivity index (χ3n) is 3.28. The number of hydrogen-bond donors (Lipinski definition) is 3. The van der Waals surface area contributed by atoms with E-state index in [4.69, 9.17) is 16.3 Å². The average Bonchev–Trinajstić information content (AvgIpc) is 2.60. The fourth-order valence-corrected chi connectivity index (χ4v) is 2.28. The number of hydrogen-bond acceptors (Lipinski definition) is 4. The summed E-state index contributed by atoms with van der Waals surface area (Å²) in [6.45, 7) is 0.962. The summed E-state index contributed by atoms with van der Waals surface area (Å²) < 4.78 is 4.89. The van der Waals surface area contributed by atoms with Crippen LogP contribution >= 0.6 is 11.6 Å². The van der Waals surface area contributed by atoms with Crippen molar-refractivity contribution in [2.75, 3.05) is 37.4 Å². The van der Waals surface area contributed by atoms with Crippen LogP contribution < -0.4 is 16.0 Å². The molecule has 7 heteroatoms. The van der Waals surface area contributed by atoms with Gasteiger partial charge in [-0.25, -0.2) is 0 Å². The molecule has 0 spiro atoms. The van der Waals surface area contributed by atoms with Crippen LogP contribution in [0.4, 0.5) is 11.4 Å². The first-order chi connectivity index (χ1) is 12.1. The highest BCUT2D eigenvalue weighted by molar-refractivity contribution is 6.30. The molecule has 0 saturated heterocycles. The number of ether oxygens (including phenoxy) is 1. The first-order valence-electron chi connectivity index (χ1n) is 7.75. The number of nitrogens with one attached hydrogen (secondary N) is 3. The van der Waals surface area contributed by atoms with Crippen LogP contribution in [0.1, 0.15) is 10.4 Å². The Balaban J connectivity index is 1.87. The zero-order valence-corrected chi connectivity index (χ0v) is 14.6. The van der Waals surface area contributed by atoms with Gasteiger partial charge in [0.15, 0.2) is 0 Å². The second kappa shape index (κ2) is 9.66. The average molecular weight is 362 g/mol. The van der Waals surface area contributed by atoms with Crippen LogP contribution in [0.3, 0.4) is 0 Å². The molecule has 0 aromatic heterocycles. The Hall–Kier alpha value is -2.57. The van der Waals surface area contributed by atoms with E-state index in [0.29, 0.717) is 35.1 Å². The molecule has 0 heterocycles. The number of amides is 2. The number of carbonyl (C=O) groups is 2. The lowest BCUT2D eigenvalue weighted by molar-refractivity contribution is -0.114. The number of anilines is 2. The molecule has 0 saturated carbocycles. The molecule has 0 radical (unpaired) electrons. The highest BCUT2D eigenvalue weighted by Gasteiger charge is 2.07. The van der Waals surface area contributed by atoms with Crippen LogP contribution in [-0.2, 0) is 9.53 Å². The maximum Gasteiger partial charge on any atom is 0.251 e. The van der Waals surface area contributed by atoms with E-state index in [1.54, 1.807) is 55.6 Å². The van der Waals surface area contributed by atoms with Crippen molar-refractivity contribution in [2.45, 2.75) is 0 Å². The molecule has 2 aromatic rings. The summed E-state index contributed by atoms with van der Waals surface area (Å²) in [6.07, 6.45) is 0. The third kappa shape index (κ3) is 6.45. The van der Waals surface area contributed by atoms with Crippen LogP contribution in [0.2, 0.25) is 5.02 Å². The topological polar surface area (TPSA) is 79.5 Å². The molecule has 0 aliphatic rings. The second-order valence-electron chi connectivity index (χ2n) is 5.24. The van der Waals surface area contributed by atoms with E-state index in [1.165, 1.54) is 0 Å². The number of halogens is 1. The zero-order valence-electron chi connectivity index (χ0n) is 13.8. The highest BCUT2D eigenvalue weighted by Crippen LogP contribution is 2.15. The largest absolute Gasteiger partial charge is 0.383 e. The van der Waals surface area contributed by atoms with Crippen molar-refractivity contribution in [3.63, 3.8) is 0 Å². The molecule has 0 aliphatic carbocycles. The van der Waals surface area contributed by atoms with Crippen molar-refractivity contribution < 1.29 is 14.3 Å². The quantitative estimate of drug-likeness (QED) is 0.632. The van der Waals surface area contributed by atoms with E-state index in [0.717, 1.165) is 0 Å². The van der Waals surface area contributed by atoms with Crippen LogP contribution in [0, 0.1) is 0 Å². The van der Waals surface area contributed by atoms with Gasteiger partial charge in [-0.15, -0.1) is 0 Å². The number of carbonyl (C=O) groups excluding carboxylic acids is 2. The molecule has 132 valence electrons. The molecule has 2 rings (SSSR count). The van der Waals surface area contributed by atoms with Gasteiger partial charge in [0.2, 0.25) is 5.91 Å². The smallest absolute Gasteiger partial charge is 0.251 e. The molecule has 2 aromatic carbocycles. The van der Waals surface area contributed by atoms with E-state index in [2.05, 4.69) is 16.0 Å². The fraction of sp³-hybridized carbons (Fsp3) is 0.222. The summed E-state index contributed by atoms with van der Waals surface area (Å²) in [7, 11) is 1.57. The molecule has 0 bridgehead atoms. The van der Waals surface area contributed by atoms with Crippen molar-refractivity contribution in [1.82, 2.24) is 5.32 Å². The van der Waals surface area contributed by atoms with Gasteiger partial charge in [-0.2, -0.15) is 0 Å². The molecule has 6 nitrogen and oxygen atoms in total. The van der Waals surface area contributed by atoms with E-state index >= 15 is 0 Å². The first kappa shape index (κ1) is 18.8. The molecule has 3 N–H and O–H groups in total. The minimum atomic E-state index is -0.211. The minimum Gasteiger partial charge on any atom is -0.383 e. The van der Waals surface area contributed by atoms with Crippen molar-refractivity contribution in [1.29, 1.82) is 0 Å². The van der Waals surface area contributed by atoms with Gasteiger partial charge < -0.3 is 20.7 Å². The lowest BCUT2D eigenvalue weighted by Gasteiger charge is -2.10. The highest BCUT2D eigenvalue weighted by atomic mass is 35.5. The van der Waals surface area contributed by atoms with Crippen LogP contribution in [0.15, 0.2) is 48.5 Å². The lowest BCUT2D eigenvalue weighted by atomic mass is 10.2. The van der Waals surface area contributed by atoms with Gasteiger partial charge in [0.1, 0.15) is 0 Å². The predicted octanol–water partition coefficient (Wildman–Crippen LogP) is 2.77. The molecular weight excluding hydrogens is 342 g/mol. The Morgan fingerprint density at radius 1 is 1.08 bits per heavy atom. The van der Waals surface area contributed by atoms with Crippen molar-refractivity contribution in [3.05, 3.63) is 59.1 Å². The minimum absolute atomic E-state index is 0.0707. The molecule has 0 atom stereocenters. The number of methoxy groups -OCH3 is 1. The molecule has 0 aliphatic heterocycles. The SMILES string of the molecule is COCCNC(=O)c1cccc(NCC(=O)Nc2cccc(Cl)c2)c1. The van der Waals surface area contributed by atoms with Crippen LogP contribution in [0.5, 0.6) is 0 Å². The second-order valence-corrected chi connectivity index (χ2v) is 5.68. The standard InChI is InChI=1S/C18H20ClN3O3/c1-25-9-8-20-18(24)13-4-2-6-15(10-13)21-12-17(23)22-16-7-3-5-14(19)11-16/h2-7,10-11,21H,8-9,12H2,1H3,(H,20,24)(H,22,23). The van der Waals surface area contributed by atoms with E-state index in [-0.39, 0.29) is 18.4 Å². The Morgan fingerprint density at radius 2 is 1.84 bits per heavy atom. The van der Waals surface area contributed by atoms with Gasteiger partial charge in [0.05, 0.1) is 13.2 Å². The fourth-order valence-electron chi connectivity index (χ4n) is 2.09. The predicted molar refractivity (Wildman–Crippen MR) is 99.2 cm³/mol. The Bertz CT molecular complexity index is 737. The summed E-state index contributed by atoms with van der Waals surface area (Å²) in [5.41, 5.74) is 1.82. The summed E-state index contributed by atoms with van der Waals surface area (Å²) in [5.74, 6) is -0.402.